The highest BCUT2D eigenvalue weighted by Crippen LogP contribution is 2.20. The van der Waals surface area contributed by atoms with E-state index in [1.54, 1.807) is 56.9 Å². The summed E-state index contributed by atoms with van der Waals surface area (Å²) < 4.78 is 10.8. The Morgan fingerprint density at radius 3 is 2.32 bits per heavy atom. The summed E-state index contributed by atoms with van der Waals surface area (Å²) in [6.07, 6.45) is 0.374. The average Bonchev–Trinajstić information content (AvgIpc) is 2.71. The second-order valence-corrected chi connectivity index (χ2v) is 9.08. The van der Waals surface area contributed by atoms with Gasteiger partial charge in [0.2, 0.25) is 5.91 Å². The lowest BCUT2D eigenvalue weighted by molar-refractivity contribution is -0.139. The molecule has 0 radical (unpaired) electrons. The number of ether oxygens (including phenoxy) is 2. The molecule has 0 bridgehead atoms. The molecule has 0 aromatic heterocycles. The zero-order valence-corrected chi connectivity index (χ0v) is 19.3. The van der Waals surface area contributed by atoms with Crippen LogP contribution in [0.4, 0.5) is 4.79 Å². The van der Waals surface area contributed by atoms with Crippen molar-refractivity contribution < 1.29 is 23.9 Å². The number of benzene rings is 1. The lowest BCUT2D eigenvalue weighted by Gasteiger charge is -2.33. The number of carbonyl (C=O) groups is 3. The smallest absolute Gasteiger partial charge is 0.408 e. The summed E-state index contributed by atoms with van der Waals surface area (Å²) >= 11 is 5.86. The number of piperidine rings is 1. The Balaban J connectivity index is 1.66. The average molecular weight is 454 g/mol. The number of amides is 3. The van der Waals surface area contributed by atoms with Crippen molar-refractivity contribution in [1.82, 2.24) is 15.5 Å². The Morgan fingerprint density at radius 2 is 1.74 bits per heavy atom. The fraction of sp³-hybridized carbons (Fsp3) is 0.591. The van der Waals surface area contributed by atoms with Crippen LogP contribution in [0.25, 0.3) is 0 Å². The molecule has 2 N–H and O–H groups in total. The number of alkyl carbamates (subject to hydrolysis) is 1. The second kappa shape index (κ2) is 11.2. The first-order valence-electron chi connectivity index (χ1n) is 10.5. The normalized spacial score (nSPS) is 15.7. The number of hydrogen-bond donors (Lipinski definition) is 2. The molecule has 2 rings (SSSR count). The molecule has 0 spiro atoms. The maximum absolute atomic E-state index is 12.6. The van der Waals surface area contributed by atoms with Gasteiger partial charge < -0.3 is 25.0 Å². The molecule has 9 heteroatoms. The lowest BCUT2D eigenvalue weighted by Crippen LogP contribution is -2.47. The van der Waals surface area contributed by atoms with Gasteiger partial charge in [0.1, 0.15) is 11.4 Å². The zero-order chi connectivity index (χ0) is 23.0. The minimum absolute atomic E-state index is 0.0565. The maximum Gasteiger partial charge on any atom is 0.408 e. The predicted octanol–water partition coefficient (Wildman–Crippen LogP) is 2.99. The number of halogens is 1. The number of hydrogen-bond acceptors (Lipinski definition) is 5. The van der Waals surface area contributed by atoms with Gasteiger partial charge in [0.25, 0.3) is 5.91 Å². The lowest BCUT2D eigenvalue weighted by atomic mass is 9.96. The summed E-state index contributed by atoms with van der Waals surface area (Å²) in [7, 11) is 0. The monoisotopic (exact) mass is 453 g/mol. The van der Waals surface area contributed by atoms with Crippen LogP contribution in [0.5, 0.6) is 5.75 Å². The highest BCUT2D eigenvalue weighted by molar-refractivity contribution is 6.30. The third-order valence-electron chi connectivity index (χ3n) is 4.78. The van der Waals surface area contributed by atoms with Crippen LogP contribution in [0.2, 0.25) is 5.02 Å². The number of nitrogens with one attached hydrogen (secondary N) is 2. The van der Waals surface area contributed by atoms with E-state index in [9.17, 15) is 14.4 Å². The number of nitrogens with zero attached hydrogens (tertiary/aromatic N) is 1. The van der Waals surface area contributed by atoms with Crippen molar-refractivity contribution in [3.8, 4) is 5.75 Å². The largest absolute Gasteiger partial charge is 0.481 e. The highest BCUT2D eigenvalue weighted by Gasteiger charge is 2.27. The molecule has 0 saturated carbocycles. The van der Waals surface area contributed by atoms with Gasteiger partial charge in [-0.15, -0.1) is 0 Å². The molecular weight excluding hydrogens is 422 g/mol. The van der Waals surface area contributed by atoms with Crippen LogP contribution in [0.15, 0.2) is 24.3 Å². The summed E-state index contributed by atoms with van der Waals surface area (Å²) in [5, 5.41) is 5.88. The molecular formula is C22H32ClN3O5. The fourth-order valence-electron chi connectivity index (χ4n) is 3.17. The predicted molar refractivity (Wildman–Crippen MR) is 118 cm³/mol. The summed E-state index contributed by atoms with van der Waals surface area (Å²) in [4.78, 5) is 38.0. The van der Waals surface area contributed by atoms with E-state index in [1.807, 2.05) is 0 Å². The van der Waals surface area contributed by atoms with Gasteiger partial charge in [0.15, 0.2) is 6.10 Å². The van der Waals surface area contributed by atoms with Crippen LogP contribution >= 0.6 is 11.6 Å². The summed E-state index contributed by atoms with van der Waals surface area (Å²) in [6.45, 7) is 8.62. The molecule has 3 amide bonds. The first kappa shape index (κ1) is 24.8. The molecule has 1 aromatic rings. The SMILES string of the molecule is CC(Oc1ccc(Cl)cc1)C(=O)N1CCC(CNC(=O)CNC(=O)OC(C)(C)C)CC1. The molecule has 172 valence electrons. The Hall–Kier alpha value is -2.48. The first-order chi connectivity index (χ1) is 14.5. The third kappa shape index (κ3) is 9.04. The second-order valence-electron chi connectivity index (χ2n) is 8.64. The number of likely N-dealkylation sites (tertiary alicyclic amines) is 1. The Kier molecular flexibility index (Phi) is 8.98. The Bertz CT molecular complexity index is 755. The summed E-state index contributed by atoms with van der Waals surface area (Å²) in [6, 6.07) is 6.91. The standard InChI is InChI=1S/C22H32ClN3O5/c1-15(30-18-7-5-17(23)6-8-18)20(28)26-11-9-16(10-12-26)13-24-19(27)14-25-21(29)31-22(2,3)4/h5-8,15-16H,9-14H2,1-4H3,(H,24,27)(H,25,29). The topological polar surface area (TPSA) is 97.0 Å². The van der Waals surface area contributed by atoms with Crippen molar-refractivity contribution in [3.05, 3.63) is 29.3 Å². The summed E-state index contributed by atoms with van der Waals surface area (Å²) in [5.74, 6) is 0.554. The van der Waals surface area contributed by atoms with Crippen LogP contribution < -0.4 is 15.4 Å². The van der Waals surface area contributed by atoms with Gasteiger partial charge in [-0.25, -0.2) is 4.79 Å². The van der Waals surface area contributed by atoms with Gasteiger partial charge in [-0.3, -0.25) is 9.59 Å². The van der Waals surface area contributed by atoms with Crippen molar-refractivity contribution in [2.75, 3.05) is 26.2 Å². The van der Waals surface area contributed by atoms with Crippen molar-refractivity contribution in [3.63, 3.8) is 0 Å². The first-order valence-corrected chi connectivity index (χ1v) is 10.9. The molecule has 1 aliphatic rings. The molecule has 1 heterocycles. The minimum atomic E-state index is -0.621. The van der Waals surface area contributed by atoms with Gasteiger partial charge in [-0.2, -0.15) is 0 Å². The van der Waals surface area contributed by atoms with Gasteiger partial charge in [0.05, 0.1) is 6.54 Å². The summed E-state index contributed by atoms with van der Waals surface area (Å²) in [5.41, 5.74) is -0.608. The molecule has 31 heavy (non-hydrogen) atoms. The van der Waals surface area contributed by atoms with Crippen LogP contribution in [-0.2, 0) is 14.3 Å². The van der Waals surface area contributed by atoms with Crippen molar-refractivity contribution >= 4 is 29.5 Å². The van der Waals surface area contributed by atoms with E-state index in [0.29, 0.717) is 30.4 Å². The van der Waals surface area contributed by atoms with E-state index in [1.165, 1.54) is 0 Å². The van der Waals surface area contributed by atoms with E-state index in [0.717, 1.165) is 12.8 Å². The minimum Gasteiger partial charge on any atom is -0.481 e. The van der Waals surface area contributed by atoms with Gasteiger partial charge in [-0.1, -0.05) is 11.6 Å². The Labute approximate surface area is 188 Å². The van der Waals surface area contributed by atoms with Gasteiger partial charge in [0, 0.05) is 24.7 Å². The number of rotatable bonds is 7. The van der Waals surface area contributed by atoms with E-state index < -0.39 is 17.8 Å². The molecule has 1 aliphatic heterocycles. The highest BCUT2D eigenvalue weighted by atomic mass is 35.5. The van der Waals surface area contributed by atoms with E-state index in [4.69, 9.17) is 21.1 Å². The molecule has 1 saturated heterocycles. The fourth-order valence-corrected chi connectivity index (χ4v) is 3.30. The molecule has 1 atom stereocenters. The van der Waals surface area contributed by atoms with Gasteiger partial charge >= 0.3 is 6.09 Å². The van der Waals surface area contributed by atoms with Crippen molar-refractivity contribution in [1.29, 1.82) is 0 Å². The Morgan fingerprint density at radius 1 is 1.13 bits per heavy atom. The third-order valence-corrected chi connectivity index (χ3v) is 5.03. The molecule has 0 aliphatic carbocycles. The van der Waals surface area contributed by atoms with Gasteiger partial charge in [-0.05, 0) is 70.7 Å². The zero-order valence-electron chi connectivity index (χ0n) is 18.6. The van der Waals surface area contributed by atoms with Crippen LogP contribution in [0.3, 0.4) is 0 Å². The molecule has 8 nitrogen and oxygen atoms in total. The maximum atomic E-state index is 12.6. The molecule has 1 unspecified atom stereocenters. The molecule has 1 aromatic carbocycles. The number of carbonyl (C=O) groups excluding carboxylic acids is 3. The van der Waals surface area contributed by atoms with E-state index in [-0.39, 0.29) is 24.3 Å². The van der Waals surface area contributed by atoms with E-state index >= 15 is 0 Å². The van der Waals surface area contributed by atoms with Crippen LogP contribution in [0, 0.1) is 5.92 Å². The molecule has 1 fully saturated rings. The quantitative estimate of drug-likeness (QED) is 0.661. The van der Waals surface area contributed by atoms with E-state index in [2.05, 4.69) is 10.6 Å². The van der Waals surface area contributed by atoms with Crippen LogP contribution in [-0.4, -0.2) is 60.7 Å². The van der Waals surface area contributed by atoms with Crippen LogP contribution in [0.1, 0.15) is 40.5 Å². The van der Waals surface area contributed by atoms with Crippen molar-refractivity contribution in [2.24, 2.45) is 5.92 Å². The van der Waals surface area contributed by atoms with Crippen molar-refractivity contribution in [2.45, 2.75) is 52.2 Å².